The second kappa shape index (κ2) is 7.59. The smallest absolute Gasteiger partial charge is 0.342 e. The maximum atomic E-state index is 12.2. The first-order valence-electron chi connectivity index (χ1n) is 10.5. The lowest BCUT2D eigenvalue weighted by atomic mass is 9.87. The Hall–Kier alpha value is -1.93. The van der Waals surface area contributed by atoms with Crippen LogP contribution >= 0.6 is 0 Å². The fraction of sp³-hybridized carbons (Fsp3) is 0.625. The van der Waals surface area contributed by atoms with Crippen LogP contribution in [0, 0.1) is 13.8 Å². The van der Waals surface area contributed by atoms with Crippen molar-refractivity contribution < 1.29 is 28.8 Å². The van der Waals surface area contributed by atoms with Gasteiger partial charge in [0.1, 0.15) is 40.5 Å². The molecule has 7 heteroatoms. The molecule has 2 saturated heterocycles. The molecular weight excluding hydrogens is 400 g/mol. The van der Waals surface area contributed by atoms with Crippen LogP contribution in [0.15, 0.2) is 32.5 Å². The van der Waals surface area contributed by atoms with E-state index in [0.29, 0.717) is 22.4 Å². The first-order valence-corrected chi connectivity index (χ1v) is 10.5. The quantitative estimate of drug-likeness (QED) is 0.524. The highest BCUT2D eigenvalue weighted by atomic mass is 16.7. The first-order chi connectivity index (χ1) is 14.2. The molecule has 2 aliphatic rings. The van der Waals surface area contributed by atoms with E-state index < -0.39 is 22.9 Å². The van der Waals surface area contributed by atoms with Crippen molar-refractivity contribution in [2.45, 2.75) is 90.5 Å². The minimum Gasteiger partial charge on any atom is -0.496 e. The first kappa shape index (κ1) is 23.7. The summed E-state index contributed by atoms with van der Waals surface area (Å²) < 4.78 is 22.7. The van der Waals surface area contributed by atoms with Crippen LogP contribution in [-0.2, 0) is 15.1 Å². The summed E-state index contributed by atoms with van der Waals surface area (Å²) in [7, 11) is 1.45. The number of ether oxygens (including phenoxy) is 3. The van der Waals surface area contributed by atoms with Crippen LogP contribution in [-0.4, -0.2) is 46.8 Å². The maximum Gasteiger partial charge on any atom is 0.342 e. The van der Waals surface area contributed by atoms with E-state index in [1.165, 1.54) is 14.0 Å². The molecule has 0 spiro atoms. The van der Waals surface area contributed by atoms with Crippen LogP contribution in [0.4, 0.5) is 0 Å². The van der Waals surface area contributed by atoms with Crippen molar-refractivity contribution in [2.24, 2.45) is 0 Å². The number of methoxy groups -OCH3 is 1. The average molecular weight is 435 g/mol. The molecule has 172 valence electrons. The van der Waals surface area contributed by atoms with E-state index in [4.69, 9.17) is 18.6 Å². The minimum absolute atomic E-state index is 0.00894. The monoisotopic (exact) mass is 434 g/mol. The fourth-order valence-electron chi connectivity index (χ4n) is 4.90. The van der Waals surface area contributed by atoms with Gasteiger partial charge in [0.2, 0.25) is 0 Å². The summed E-state index contributed by atoms with van der Waals surface area (Å²) in [5.41, 5.74) is -1.12. The van der Waals surface area contributed by atoms with Gasteiger partial charge in [0.15, 0.2) is 0 Å². The van der Waals surface area contributed by atoms with Crippen LogP contribution in [0.25, 0.3) is 0 Å². The Balaban J connectivity index is 1.90. The van der Waals surface area contributed by atoms with Crippen molar-refractivity contribution in [3.05, 3.63) is 50.6 Å². The molecule has 0 aromatic carbocycles. The Labute approximate surface area is 183 Å². The molecule has 2 fully saturated rings. The van der Waals surface area contributed by atoms with Gasteiger partial charge >= 0.3 is 5.63 Å². The van der Waals surface area contributed by atoms with Crippen molar-refractivity contribution >= 4 is 0 Å². The third-order valence-corrected chi connectivity index (χ3v) is 6.71. The molecule has 2 aliphatic heterocycles. The normalized spacial score (nSPS) is 33.6. The second-order valence-corrected chi connectivity index (χ2v) is 9.45. The van der Waals surface area contributed by atoms with Crippen molar-refractivity contribution in [3.8, 4) is 5.75 Å². The fourth-order valence-corrected chi connectivity index (χ4v) is 4.90. The van der Waals surface area contributed by atoms with Gasteiger partial charge in [0.05, 0.1) is 18.8 Å². The van der Waals surface area contributed by atoms with Gasteiger partial charge in [-0.25, -0.2) is 4.79 Å². The third kappa shape index (κ3) is 3.78. The molecule has 1 aromatic rings. The van der Waals surface area contributed by atoms with E-state index in [1.807, 2.05) is 33.8 Å². The SMILES string of the molecule is COc1c(C)c([C@@](C)(O)[C@H](O)C(C)=CC(C)=C[C@]2(C)O[C@@H](C)[C@]3(C)O[C@H]32)oc(=O)c1C. The Kier molecular flexibility index (Phi) is 5.81. The molecule has 7 nitrogen and oxygen atoms in total. The minimum atomic E-state index is -1.84. The number of rotatable bonds is 6. The number of allylic oxidation sites excluding steroid dienone is 2. The van der Waals surface area contributed by atoms with Crippen LogP contribution in [0.2, 0.25) is 0 Å². The molecule has 0 saturated carbocycles. The summed E-state index contributed by atoms with van der Waals surface area (Å²) in [6.45, 7) is 14.3. The maximum absolute atomic E-state index is 12.2. The second-order valence-electron chi connectivity index (χ2n) is 9.45. The van der Waals surface area contributed by atoms with E-state index in [2.05, 4.69) is 0 Å². The number of aliphatic hydroxyl groups is 2. The molecule has 0 amide bonds. The van der Waals surface area contributed by atoms with E-state index in [1.54, 1.807) is 26.8 Å². The zero-order valence-electron chi connectivity index (χ0n) is 19.8. The molecule has 1 aromatic heterocycles. The summed E-state index contributed by atoms with van der Waals surface area (Å²) >= 11 is 0. The molecule has 0 unspecified atom stereocenters. The Morgan fingerprint density at radius 2 is 1.84 bits per heavy atom. The van der Waals surface area contributed by atoms with Crippen molar-refractivity contribution in [2.75, 3.05) is 7.11 Å². The van der Waals surface area contributed by atoms with E-state index in [0.717, 1.165) is 5.57 Å². The highest BCUT2D eigenvalue weighted by molar-refractivity contribution is 5.42. The molecule has 3 rings (SSSR count). The number of epoxide rings is 1. The lowest BCUT2D eigenvalue weighted by Crippen LogP contribution is -2.39. The van der Waals surface area contributed by atoms with Gasteiger partial charge in [-0.2, -0.15) is 0 Å². The molecule has 0 aliphatic carbocycles. The predicted molar refractivity (Wildman–Crippen MR) is 116 cm³/mol. The molecule has 0 bridgehead atoms. The molecule has 0 radical (unpaired) electrons. The summed E-state index contributed by atoms with van der Waals surface area (Å²) in [6, 6.07) is 0. The number of aliphatic hydroxyl groups excluding tert-OH is 1. The Morgan fingerprint density at radius 3 is 2.32 bits per heavy atom. The standard InChI is InChI=1S/C24H34O7/c1-12(11-22(6)21-24(8,31-21)16(5)30-22)10-13(2)18(25)23(7,27)19-14(3)17(28-9)15(4)20(26)29-19/h10-11,16,18,21,25,27H,1-9H3/t16-,18+,21-,22-,23-,24-/m0/s1. The number of hydrogen-bond acceptors (Lipinski definition) is 7. The van der Waals surface area contributed by atoms with Crippen LogP contribution in [0.5, 0.6) is 5.75 Å². The summed E-state index contributed by atoms with van der Waals surface area (Å²) in [5, 5.41) is 22.1. The molecule has 31 heavy (non-hydrogen) atoms. The zero-order chi connectivity index (χ0) is 23.5. The van der Waals surface area contributed by atoms with E-state index in [9.17, 15) is 15.0 Å². The van der Waals surface area contributed by atoms with E-state index >= 15 is 0 Å². The van der Waals surface area contributed by atoms with Gasteiger partial charge in [-0.3, -0.25) is 0 Å². The molecule has 2 N–H and O–H groups in total. The number of hydrogen-bond donors (Lipinski definition) is 2. The van der Waals surface area contributed by atoms with Gasteiger partial charge in [-0.05, 0) is 67.0 Å². The van der Waals surface area contributed by atoms with Gasteiger partial charge in [0.25, 0.3) is 0 Å². The lowest BCUT2D eigenvalue weighted by Gasteiger charge is -2.30. The van der Waals surface area contributed by atoms with Crippen molar-refractivity contribution in [1.82, 2.24) is 0 Å². The van der Waals surface area contributed by atoms with Crippen LogP contribution < -0.4 is 10.4 Å². The summed E-state index contributed by atoms with van der Waals surface area (Å²) in [6.07, 6.45) is 2.44. The molecule has 6 atom stereocenters. The topological polar surface area (TPSA) is 102 Å². The lowest BCUT2D eigenvalue weighted by molar-refractivity contribution is -0.0720. The molecule has 3 heterocycles. The van der Waals surface area contributed by atoms with Crippen molar-refractivity contribution in [1.29, 1.82) is 0 Å². The van der Waals surface area contributed by atoms with Gasteiger partial charge in [-0.1, -0.05) is 11.6 Å². The Morgan fingerprint density at radius 1 is 1.23 bits per heavy atom. The van der Waals surface area contributed by atoms with Gasteiger partial charge < -0.3 is 28.8 Å². The van der Waals surface area contributed by atoms with Crippen molar-refractivity contribution in [3.63, 3.8) is 0 Å². The zero-order valence-corrected chi connectivity index (χ0v) is 19.8. The van der Waals surface area contributed by atoms with Crippen LogP contribution in [0.1, 0.15) is 58.4 Å². The predicted octanol–water partition coefficient (Wildman–Crippen LogP) is 3.06. The highest BCUT2D eigenvalue weighted by Gasteiger charge is 2.71. The van der Waals surface area contributed by atoms with E-state index in [-0.39, 0.29) is 23.6 Å². The van der Waals surface area contributed by atoms with Gasteiger partial charge in [0, 0.05) is 5.56 Å². The largest absolute Gasteiger partial charge is 0.496 e. The summed E-state index contributed by atoms with van der Waals surface area (Å²) in [5.74, 6) is 0.313. The third-order valence-electron chi connectivity index (χ3n) is 6.71. The van der Waals surface area contributed by atoms with Crippen LogP contribution in [0.3, 0.4) is 0 Å². The molecular formula is C24H34O7. The average Bonchev–Trinajstić information content (AvgIpc) is 3.34. The van der Waals surface area contributed by atoms with Gasteiger partial charge in [-0.15, -0.1) is 0 Å². The number of fused-ring (bicyclic) bond motifs is 1. The Bertz CT molecular complexity index is 1000. The summed E-state index contributed by atoms with van der Waals surface area (Å²) in [4.78, 5) is 12.2. The highest BCUT2D eigenvalue weighted by Crippen LogP contribution is 2.55.